The first-order chi connectivity index (χ1) is 15.4. The molecule has 8 heteroatoms. The highest BCUT2D eigenvalue weighted by atomic mass is 32.2. The van der Waals surface area contributed by atoms with Crippen LogP contribution in [0, 0.1) is 0 Å². The summed E-state index contributed by atoms with van der Waals surface area (Å²) in [7, 11) is 0. The zero-order valence-corrected chi connectivity index (χ0v) is 19.8. The molecule has 1 atom stereocenters. The summed E-state index contributed by atoms with van der Waals surface area (Å²) in [5.41, 5.74) is 13.4. The fourth-order valence-electron chi connectivity index (χ4n) is 4.24. The number of rotatable bonds is 10. The molecule has 2 aliphatic rings. The summed E-state index contributed by atoms with van der Waals surface area (Å²) in [6.45, 7) is 2.20. The third kappa shape index (κ3) is 7.08. The van der Waals surface area contributed by atoms with Crippen LogP contribution in [-0.2, 0) is 16.0 Å². The van der Waals surface area contributed by atoms with Gasteiger partial charge in [-0.05, 0) is 44.6 Å². The summed E-state index contributed by atoms with van der Waals surface area (Å²) in [6, 6.07) is 7.94. The molecule has 174 valence electrons. The smallest absolute Gasteiger partial charge is 0.242 e. The maximum Gasteiger partial charge on any atom is 0.242 e. The van der Waals surface area contributed by atoms with Gasteiger partial charge in [-0.3, -0.25) is 14.5 Å². The van der Waals surface area contributed by atoms with Crippen molar-refractivity contribution >= 4 is 35.2 Å². The number of carbonyl (C=O) groups is 2. The average molecular weight is 458 g/mol. The van der Waals surface area contributed by atoms with Crippen molar-refractivity contribution in [3.05, 3.63) is 35.4 Å². The molecule has 1 aromatic carbocycles. The molecule has 0 spiro atoms. The number of hydrogen-bond donors (Lipinski definition) is 2. The molecule has 7 nitrogen and oxygen atoms in total. The first-order valence-corrected chi connectivity index (χ1v) is 12.6. The van der Waals surface area contributed by atoms with E-state index in [1.54, 1.807) is 18.7 Å². The van der Waals surface area contributed by atoms with E-state index >= 15 is 0 Å². The number of amidine groups is 2. The number of hydrogen-bond acceptors (Lipinski definition) is 5. The van der Waals surface area contributed by atoms with Crippen LogP contribution in [0.2, 0.25) is 0 Å². The van der Waals surface area contributed by atoms with Crippen LogP contribution in [0.25, 0.3) is 0 Å². The van der Waals surface area contributed by atoms with Gasteiger partial charge in [-0.15, -0.1) is 22.0 Å². The highest BCUT2D eigenvalue weighted by molar-refractivity contribution is 8.01. The average Bonchev–Trinajstić information content (AvgIpc) is 3.05. The predicted octanol–water partition coefficient (Wildman–Crippen LogP) is 3.59. The summed E-state index contributed by atoms with van der Waals surface area (Å²) in [5, 5.41) is 8.07. The van der Waals surface area contributed by atoms with Gasteiger partial charge in [0.15, 0.2) is 5.84 Å². The topological polar surface area (TPSA) is 114 Å². The van der Waals surface area contributed by atoms with Gasteiger partial charge in [0.25, 0.3) is 0 Å². The van der Waals surface area contributed by atoms with Crippen molar-refractivity contribution in [1.82, 2.24) is 4.90 Å². The molecule has 1 saturated heterocycles. The van der Waals surface area contributed by atoms with Crippen molar-refractivity contribution in [2.24, 2.45) is 21.7 Å². The fourth-order valence-corrected chi connectivity index (χ4v) is 5.79. The lowest BCUT2D eigenvalue weighted by molar-refractivity contribution is -0.138. The molecular weight excluding hydrogens is 422 g/mol. The molecule has 32 heavy (non-hydrogen) atoms. The molecule has 1 aromatic rings. The highest BCUT2D eigenvalue weighted by Crippen LogP contribution is 2.35. The van der Waals surface area contributed by atoms with Gasteiger partial charge in [-0.2, -0.15) is 0 Å². The van der Waals surface area contributed by atoms with Crippen LogP contribution in [0.4, 0.5) is 0 Å². The SMILES string of the molecule is C/C(N)=N/N=C(\N)c1ccc(CCCCCN2C(=O)CC(SC3CCCCC3)C2=O)cc1. The van der Waals surface area contributed by atoms with Crippen molar-refractivity contribution < 1.29 is 9.59 Å². The zero-order valence-electron chi connectivity index (χ0n) is 19.0. The highest BCUT2D eigenvalue weighted by Gasteiger charge is 2.39. The van der Waals surface area contributed by atoms with Crippen LogP contribution >= 0.6 is 11.8 Å². The number of carbonyl (C=O) groups excluding carboxylic acids is 2. The Balaban J connectivity index is 1.37. The van der Waals surface area contributed by atoms with Gasteiger partial charge in [0, 0.05) is 23.8 Å². The fraction of sp³-hybridized carbons (Fsp3) is 0.583. The Hall–Kier alpha value is -2.35. The summed E-state index contributed by atoms with van der Waals surface area (Å²) in [6.07, 6.45) is 10.3. The van der Waals surface area contributed by atoms with Gasteiger partial charge in [0.1, 0.15) is 5.84 Å². The lowest BCUT2D eigenvalue weighted by Gasteiger charge is -2.23. The number of aryl methyl sites for hydroxylation is 1. The lowest BCUT2D eigenvalue weighted by Crippen LogP contribution is -2.32. The van der Waals surface area contributed by atoms with Gasteiger partial charge >= 0.3 is 0 Å². The minimum absolute atomic E-state index is 0.00677. The molecule has 0 aromatic heterocycles. The van der Waals surface area contributed by atoms with Crippen molar-refractivity contribution in [2.75, 3.05) is 6.54 Å². The Morgan fingerprint density at radius 2 is 1.75 bits per heavy atom. The van der Waals surface area contributed by atoms with Crippen molar-refractivity contribution in [2.45, 2.75) is 81.6 Å². The Kier molecular flexibility index (Phi) is 9.14. The van der Waals surface area contributed by atoms with E-state index in [1.165, 1.54) is 42.6 Å². The van der Waals surface area contributed by atoms with Gasteiger partial charge in [-0.1, -0.05) is 49.9 Å². The van der Waals surface area contributed by atoms with E-state index in [4.69, 9.17) is 11.5 Å². The molecule has 1 unspecified atom stereocenters. The van der Waals surface area contributed by atoms with Crippen molar-refractivity contribution in [3.8, 4) is 0 Å². The summed E-state index contributed by atoms with van der Waals surface area (Å²) >= 11 is 1.75. The van der Waals surface area contributed by atoms with E-state index in [0.29, 0.717) is 29.9 Å². The van der Waals surface area contributed by atoms with Crippen LogP contribution in [0.5, 0.6) is 0 Å². The Labute approximate surface area is 195 Å². The molecule has 0 radical (unpaired) electrons. The number of benzene rings is 1. The monoisotopic (exact) mass is 457 g/mol. The lowest BCUT2D eigenvalue weighted by atomic mass is 10.0. The number of likely N-dealkylation sites (tertiary alicyclic amines) is 1. The largest absolute Gasteiger partial charge is 0.386 e. The van der Waals surface area contributed by atoms with Gasteiger partial charge in [-0.25, -0.2) is 0 Å². The normalized spacial score (nSPS) is 20.9. The Morgan fingerprint density at radius 1 is 1.03 bits per heavy atom. The van der Waals surface area contributed by atoms with E-state index in [1.807, 2.05) is 24.3 Å². The van der Waals surface area contributed by atoms with Gasteiger partial charge in [0.05, 0.1) is 5.25 Å². The Morgan fingerprint density at radius 3 is 2.44 bits per heavy atom. The quantitative estimate of drug-likeness (QED) is 0.183. The van der Waals surface area contributed by atoms with Crippen LogP contribution in [0.15, 0.2) is 34.5 Å². The maximum absolute atomic E-state index is 12.7. The van der Waals surface area contributed by atoms with Gasteiger partial charge < -0.3 is 11.5 Å². The van der Waals surface area contributed by atoms with Crippen molar-refractivity contribution in [3.63, 3.8) is 0 Å². The molecule has 3 rings (SSSR count). The minimum Gasteiger partial charge on any atom is -0.386 e. The predicted molar refractivity (Wildman–Crippen MR) is 132 cm³/mol. The number of nitrogens with two attached hydrogens (primary N) is 2. The van der Waals surface area contributed by atoms with Crippen molar-refractivity contribution in [1.29, 1.82) is 0 Å². The molecule has 1 saturated carbocycles. The molecule has 1 aliphatic heterocycles. The van der Waals surface area contributed by atoms with E-state index in [2.05, 4.69) is 10.2 Å². The maximum atomic E-state index is 12.7. The number of imide groups is 1. The minimum atomic E-state index is -0.153. The summed E-state index contributed by atoms with van der Waals surface area (Å²) in [5.74, 6) is 0.739. The molecule has 0 bridgehead atoms. The molecular formula is C24H35N5O2S. The van der Waals surface area contributed by atoms with Gasteiger partial charge in [0.2, 0.25) is 11.8 Å². The molecule has 1 heterocycles. The zero-order chi connectivity index (χ0) is 22.9. The third-order valence-corrected chi connectivity index (χ3v) is 7.58. The number of amides is 2. The second-order valence-electron chi connectivity index (χ2n) is 8.71. The van der Waals surface area contributed by atoms with Crippen LogP contribution in [0.1, 0.15) is 75.8 Å². The first kappa shape index (κ1) is 24.3. The second-order valence-corrected chi connectivity index (χ2v) is 10.2. The summed E-state index contributed by atoms with van der Waals surface area (Å²) < 4.78 is 0. The van der Waals surface area contributed by atoms with E-state index in [9.17, 15) is 9.59 Å². The standard InChI is InChI=1S/C24H35N5O2S/c1-17(25)27-28-23(26)19-13-11-18(12-14-19)8-4-3-7-15-29-22(30)16-21(24(29)31)32-20-9-5-2-6-10-20/h11-14,20-21H,2-10,15-16H2,1H3,(H2,25,27)(H2,26,28). The van der Waals surface area contributed by atoms with E-state index in [-0.39, 0.29) is 17.1 Å². The third-order valence-electron chi connectivity index (χ3n) is 6.02. The molecule has 1 aliphatic carbocycles. The first-order valence-electron chi connectivity index (χ1n) is 11.7. The number of thioether (sulfide) groups is 1. The number of nitrogens with zero attached hydrogens (tertiary/aromatic N) is 3. The van der Waals surface area contributed by atoms with Crippen LogP contribution in [0.3, 0.4) is 0 Å². The van der Waals surface area contributed by atoms with Crippen LogP contribution in [-0.4, -0.2) is 45.4 Å². The Bertz CT molecular complexity index is 842. The van der Waals surface area contributed by atoms with E-state index in [0.717, 1.165) is 31.2 Å². The second kappa shape index (κ2) is 12.0. The molecule has 4 N–H and O–H groups in total. The molecule has 2 fully saturated rings. The van der Waals surface area contributed by atoms with E-state index < -0.39 is 0 Å². The molecule has 2 amide bonds. The summed E-state index contributed by atoms with van der Waals surface area (Å²) in [4.78, 5) is 26.5. The van der Waals surface area contributed by atoms with Crippen LogP contribution < -0.4 is 11.5 Å². The number of unbranched alkanes of at least 4 members (excludes halogenated alkanes) is 2.